The van der Waals surface area contributed by atoms with E-state index in [-0.39, 0.29) is 23.8 Å². The molecule has 1 atom stereocenters. The second-order valence-corrected chi connectivity index (χ2v) is 8.38. The Morgan fingerprint density at radius 3 is 2.57 bits per heavy atom. The normalized spacial score (nSPS) is 21.2. The van der Waals surface area contributed by atoms with E-state index in [0.717, 1.165) is 34.7 Å². The van der Waals surface area contributed by atoms with Gasteiger partial charge < -0.3 is 14.8 Å². The van der Waals surface area contributed by atoms with E-state index in [1.54, 1.807) is 14.0 Å². The molecule has 1 N–H and O–H groups in total. The maximum atomic E-state index is 13.2. The van der Waals surface area contributed by atoms with Gasteiger partial charge in [-0.25, -0.2) is 4.79 Å². The van der Waals surface area contributed by atoms with E-state index in [9.17, 15) is 9.59 Å². The maximum Gasteiger partial charge on any atom is 0.336 e. The summed E-state index contributed by atoms with van der Waals surface area (Å²) in [5, 5.41) is 3.34. The average Bonchev–Trinajstić information content (AvgIpc) is 2.59. The Balaban J connectivity index is 2.19. The molecule has 28 heavy (non-hydrogen) atoms. The molecule has 3 rings (SSSR count). The van der Waals surface area contributed by atoms with Gasteiger partial charge in [0.15, 0.2) is 5.78 Å². The van der Waals surface area contributed by atoms with Crippen molar-refractivity contribution in [3.05, 3.63) is 51.9 Å². The standard InChI is InChI=1S/C23H29NO4/c1-7-28-22(26)19-14(3)24-16-11-23(4,5)12-17(25)21(16)20(19)15-8-9-18(27-6)13(2)10-15/h8-10,20,24H,7,11-12H2,1-6H3/t20-/m0/s1. The molecule has 1 aliphatic heterocycles. The molecular formula is C23H29NO4. The smallest absolute Gasteiger partial charge is 0.336 e. The van der Waals surface area contributed by atoms with E-state index in [1.165, 1.54) is 0 Å². The third kappa shape index (κ3) is 3.58. The van der Waals surface area contributed by atoms with E-state index < -0.39 is 5.92 Å². The highest BCUT2D eigenvalue weighted by Gasteiger charge is 2.43. The van der Waals surface area contributed by atoms with Crippen LogP contribution in [0.4, 0.5) is 0 Å². The number of nitrogens with one attached hydrogen (secondary N) is 1. The first-order valence-corrected chi connectivity index (χ1v) is 9.74. The number of Topliss-reactive ketones (excluding diaryl/α,β-unsaturated/α-hetero) is 1. The Hall–Kier alpha value is -2.56. The van der Waals surface area contributed by atoms with Crippen molar-refractivity contribution in [1.82, 2.24) is 5.32 Å². The number of allylic oxidation sites excluding steroid dienone is 3. The van der Waals surface area contributed by atoms with Gasteiger partial charge >= 0.3 is 5.97 Å². The summed E-state index contributed by atoms with van der Waals surface area (Å²) < 4.78 is 10.7. The van der Waals surface area contributed by atoms with Gasteiger partial charge in [0, 0.05) is 29.3 Å². The second-order valence-electron chi connectivity index (χ2n) is 8.38. The summed E-state index contributed by atoms with van der Waals surface area (Å²) in [5.74, 6) is 0.0616. The molecule has 0 spiro atoms. The van der Waals surface area contributed by atoms with Crippen molar-refractivity contribution in [2.75, 3.05) is 13.7 Å². The summed E-state index contributed by atoms with van der Waals surface area (Å²) in [7, 11) is 1.63. The molecule has 0 fully saturated rings. The largest absolute Gasteiger partial charge is 0.496 e. The first-order valence-electron chi connectivity index (χ1n) is 9.74. The molecule has 1 heterocycles. The lowest BCUT2D eigenvalue weighted by Crippen LogP contribution is -2.38. The monoisotopic (exact) mass is 383 g/mol. The van der Waals surface area contributed by atoms with Crippen LogP contribution in [0, 0.1) is 12.3 Å². The Kier molecular flexibility index (Phi) is 5.37. The molecule has 0 saturated carbocycles. The number of esters is 1. The van der Waals surface area contributed by atoms with E-state index in [2.05, 4.69) is 19.2 Å². The van der Waals surface area contributed by atoms with Crippen LogP contribution in [0.1, 0.15) is 57.6 Å². The van der Waals surface area contributed by atoms with Crippen molar-refractivity contribution in [2.24, 2.45) is 5.41 Å². The van der Waals surface area contributed by atoms with E-state index in [1.807, 2.05) is 32.0 Å². The molecule has 0 amide bonds. The summed E-state index contributed by atoms with van der Waals surface area (Å²) >= 11 is 0. The molecule has 0 bridgehead atoms. The minimum absolute atomic E-state index is 0.0894. The molecule has 1 aliphatic carbocycles. The van der Waals surface area contributed by atoms with Crippen molar-refractivity contribution in [2.45, 2.75) is 53.4 Å². The molecule has 1 aromatic rings. The molecule has 5 heteroatoms. The van der Waals surface area contributed by atoms with Crippen LogP contribution < -0.4 is 10.1 Å². The van der Waals surface area contributed by atoms with Crippen molar-refractivity contribution < 1.29 is 19.1 Å². The van der Waals surface area contributed by atoms with Gasteiger partial charge in [0.05, 0.1) is 19.3 Å². The zero-order chi connectivity index (χ0) is 20.6. The van der Waals surface area contributed by atoms with Crippen LogP contribution in [0.5, 0.6) is 5.75 Å². The number of carbonyl (C=O) groups is 2. The number of ether oxygens (including phenoxy) is 2. The third-order valence-electron chi connectivity index (χ3n) is 5.49. The van der Waals surface area contributed by atoms with Gasteiger partial charge in [0.1, 0.15) is 5.75 Å². The number of ketones is 1. The number of hydrogen-bond donors (Lipinski definition) is 1. The van der Waals surface area contributed by atoms with Crippen molar-refractivity contribution >= 4 is 11.8 Å². The van der Waals surface area contributed by atoms with Crippen LogP contribution in [0.25, 0.3) is 0 Å². The molecule has 2 aliphatic rings. The second kappa shape index (κ2) is 7.46. The number of benzene rings is 1. The first kappa shape index (κ1) is 20.2. The first-order chi connectivity index (χ1) is 13.2. The summed E-state index contributed by atoms with van der Waals surface area (Å²) in [6.45, 7) is 10.1. The van der Waals surface area contributed by atoms with Gasteiger partial charge in [0.2, 0.25) is 0 Å². The van der Waals surface area contributed by atoms with Crippen LogP contribution in [-0.2, 0) is 14.3 Å². The molecule has 150 valence electrons. The van der Waals surface area contributed by atoms with Crippen LogP contribution in [0.15, 0.2) is 40.7 Å². The van der Waals surface area contributed by atoms with Crippen LogP contribution >= 0.6 is 0 Å². The van der Waals surface area contributed by atoms with Gasteiger partial charge in [-0.3, -0.25) is 4.79 Å². The van der Waals surface area contributed by atoms with Crippen molar-refractivity contribution in [3.8, 4) is 5.75 Å². The number of carbonyl (C=O) groups excluding carboxylic acids is 2. The Bertz CT molecular complexity index is 892. The predicted octanol–water partition coefficient (Wildman–Crippen LogP) is 4.17. The fourth-order valence-corrected chi connectivity index (χ4v) is 4.33. The van der Waals surface area contributed by atoms with Gasteiger partial charge in [-0.15, -0.1) is 0 Å². The highest BCUT2D eigenvalue weighted by Crippen LogP contribution is 2.47. The molecule has 5 nitrogen and oxygen atoms in total. The predicted molar refractivity (Wildman–Crippen MR) is 108 cm³/mol. The zero-order valence-corrected chi connectivity index (χ0v) is 17.6. The third-order valence-corrected chi connectivity index (χ3v) is 5.49. The van der Waals surface area contributed by atoms with Gasteiger partial charge in [0.25, 0.3) is 0 Å². The van der Waals surface area contributed by atoms with Crippen LogP contribution in [0.3, 0.4) is 0 Å². The number of dihydropyridines is 1. The molecular weight excluding hydrogens is 354 g/mol. The Morgan fingerprint density at radius 1 is 1.25 bits per heavy atom. The Morgan fingerprint density at radius 2 is 1.96 bits per heavy atom. The number of rotatable bonds is 4. The maximum absolute atomic E-state index is 13.2. The molecule has 0 aromatic heterocycles. The fraction of sp³-hybridized carbons (Fsp3) is 0.478. The van der Waals surface area contributed by atoms with Gasteiger partial charge in [-0.05, 0) is 49.8 Å². The SMILES string of the molecule is CCOC(=O)C1=C(C)NC2=C(C(=O)CC(C)(C)C2)[C@H]1c1ccc(OC)c(C)c1. The van der Waals surface area contributed by atoms with Crippen molar-refractivity contribution in [3.63, 3.8) is 0 Å². The highest BCUT2D eigenvalue weighted by atomic mass is 16.5. The van der Waals surface area contributed by atoms with Crippen LogP contribution in [0.2, 0.25) is 0 Å². The summed E-state index contributed by atoms with van der Waals surface area (Å²) in [6, 6.07) is 5.83. The number of aryl methyl sites for hydroxylation is 1. The van der Waals surface area contributed by atoms with Crippen LogP contribution in [-0.4, -0.2) is 25.5 Å². The summed E-state index contributed by atoms with van der Waals surface area (Å²) in [6.07, 6.45) is 1.24. The minimum atomic E-state index is -0.427. The quantitative estimate of drug-likeness (QED) is 0.791. The Labute approximate surface area is 166 Å². The molecule has 1 aromatic carbocycles. The zero-order valence-electron chi connectivity index (χ0n) is 17.6. The summed E-state index contributed by atoms with van der Waals surface area (Å²) in [5.41, 5.74) is 4.64. The molecule has 0 radical (unpaired) electrons. The lowest BCUT2D eigenvalue weighted by Gasteiger charge is -2.39. The highest BCUT2D eigenvalue weighted by molar-refractivity contribution is 6.04. The van der Waals surface area contributed by atoms with E-state index >= 15 is 0 Å². The van der Waals surface area contributed by atoms with E-state index in [0.29, 0.717) is 17.6 Å². The fourth-order valence-electron chi connectivity index (χ4n) is 4.33. The van der Waals surface area contributed by atoms with Gasteiger partial charge in [-0.1, -0.05) is 26.0 Å². The summed E-state index contributed by atoms with van der Waals surface area (Å²) in [4.78, 5) is 26.0. The number of methoxy groups -OCH3 is 1. The van der Waals surface area contributed by atoms with Gasteiger partial charge in [-0.2, -0.15) is 0 Å². The van der Waals surface area contributed by atoms with Crippen molar-refractivity contribution in [1.29, 1.82) is 0 Å². The molecule has 0 saturated heterocycles. The van der Waals surface area contributed by atoms with E-state index in [4.69, 9.17) is 9.47 Å². The lowest BCUT2D eigenvalue weighted by molar-refractivity contribution is -0.138. The average molecular weight is 383 g/mol. The molecule has 0 unspecified atom stereocenters. The lowest BCUT2D eigenvalue weighted by atomic mass is 9.68. The number of hydrogen-bond acceptors (Lipinski definition) is 5. The topological polar surface area (TPSA) is 64.6 Å². The minimum Gasteiger partial charge on any atom is -0.496 e.